The summed E-state index contributed by atoms with van der Waals surface area (Å²) >= 11 is 2.08. The van der Waals surface area contributed by atoms with Gasteiger partial charge in [0, 0.05) is 20.6 Å². The number of benzene rings is 1. The quantitative estimate of drug-likeness (QED) is 0.485. The highest BCUT2D eigenvalue weighted by atomic mass is 32.2. The molecule has 1 heterocycles. The summed E-state index contributed by atoms with van der Waals surface area (Å²) in [7, 11) is 3.23. The number of amides is 1. The van der Waals surface area contributed by atoms with Crippen LogP contribution in [-0.2, 0) is 0 Å². The van der Waals surface area contributed by atoms with Gasteiger partial charge in [0.05, 0.1) is 9.09 Å². The predicted octanol–water partition coefficient (Wildman–Crippen LogP) is 5.22. The van der Waals surface area contributed by atoms with E-state index in [9.17, 15) is 22.4 Å². The monoisotopic (exact) mass is 406 g/mol. The van der Waals surface area contributed by atoms with Crippen molar-refractivity contribution >= 4 is 29.2 Å². The summed E-state index contributed by atoms with van der Waals surface area (Å²) in [5.41, 5.74) is -0.0330. The largest absolute Gasteiger partial charge is 0.408 e. The molecule has 0 aliphatic heterocycles. The van der Waals surface area contributed by atoms with Crippen LogP contribution in [0.3, 0.4) is 0 Å². The van der Waals surface area contributed by atoms with Gasteiger partial charge in [-0.3, -0.25) is 4.79 Å². The highest BCUT2D eigenvalue weighted by Gasteiger charge is 2.45. The summed E-state index contributed by atoms with van der Waals surface area (Å²) < 4.78 is 55.9. The first-order valence-electron chi connectivity index (χ1n) is 7.71. The average Bonchev–Trinajstić information content (AvgIpc) is 3.02. The smallest absolute Gasteiger partial charge is 0.344 e. The van der Waals surface area contributed by atoms with Crippen LogP contribution < -0.4 is 0 Å². The second-order valence-electron chi connectivity index (χ2n) is 5.64. The SMILES string of the molecule is CCN(Sc1ccc(C(=O)N(C)C)s1)C(c1ccc(F)cc1)C(F)(F)F. The van der Waals surface area contributed by atoms with Gasteiger partial charge in [-0.25, -0.2) is 8.70 Å². The summed E-state index contributed by atoms with van der Waals surface area (Å²) in [4.78, 5) is 13.8. The highest BCUT2D eigenvalue weighted by Crippen LogP contribution is 2.44. The van der Waals surface area contributed by atoms with E-state index in [1.807, 2.05) is 0 Å². The molecule has 1 atom stereocenters. The molecule has 1 aromatic heterocycles. The number of carbonyl (C=O) groups is 1. The maximum Gasteiger partial charge on any atom is 0.408 e. The van der Waals surface area contributed by atoms with E-state index in [1.54, 1.807) is 33.2 Å². The molecule has 0 bridgehead atoms. The molecular formula is C17H18F4N2OS2. The lowest BCUT2D eigenvalue weighted by atomic mass is 10.1. The number of hydrogen-bond donors (Lipinski definition) is 0. The van der Waals surface area contributed by atoms with Crippen LogP contribution in [0.15, 0.2) is 40.6 Å². The lowest BCUT2D eigenvalue weighted by Gasteiger charge is -2.31. The second kappa shape index (κ2) is 8.41. The third-order valence-electron chi connectivity index (χ3n) is 3.50. The van der Waals surface area contributed by atoms with Gasteiger partial charge in [0.25, 0.3) is 5.91 Å². The molecule has 2 rings (SSSR count). The molecule has 1 amide bonds. The fourth-order valence-corrected chi connectivity index (χ4v) is 4.58. The van der Waals surface area contributed by atoms with Gasteiger partial charge in [0.15, 0.2) is 0 Å². The summed E-state index contributed by atoms with van der Waals surface area (Å²) in [6.45, 7) is 1.73. The molecule has 0 saturated heterocycles. The molecule has 1 unspecified atom stereocenters. The molecule has 3 nitrogen and oxygen atoms in total. The molecular weight excluding hydrogens is 388 g/mol. The number of hydrogen-bond acceptors (Lipinski definition) is 4. The fraction of sp³-hybridized carbons (Fsp3) is 0.353. The molecule has 9 heteroatoms. The molecule has 26 heavy (non-hydrogen) atoms. The number of carbonyl (C=O) groups excluding carboxylic acids is 1. The van der Waals surface area contributed by atoms with Gasteiger partial charge in [0.2, 0.25) is 0 Å². The zero-order valence-electron chi connectivity index (χ0n) is 14.4. The molecule has 0 aliphatic rings. The van der Waals surface area contributed by atoms with E-state index in [2.05, 4.69) is 0 Å². The number of rotatable bonds is 6. The minimum Gasteiger partial charge on any atom is -0.344 e. The van der Waals surface area contributed by atoms with Crippen LogP contribution in [-0.4, -0.2) is 41.9 Å². The van der Waals surface area contributed by atoms with Gasteiger partial charge in [-0.05, 0) is 41.8 Å². The van der Waals surface area contributed by atoms with E-state index in [1.165, 1.54) is 9.21 Å². The molecule has 1 aromatic carbocycles. The lowest BCUT2D eigenvalue weighted by molar-refractivity contribution is -0.172. The molecule has 0 aliphatic carbocycles. The van der Waals surface area contributed by atoms with Crippen LogP contribution in [0.1, 0.15) is 28.2 Å². The lowest BCUT2D eigenvalue weighted by Crippen LogP contribution is -2.34. The maximum absolute atomic E-state index is 13.7. The zero-order valence-corrected chi connectivity index (χ0v) is 16.0. The van der Waals surface area contributed by atoms with Gasteiger partial charge in [0.1, 0.15) is 11.9 Å². The van der Waals surface area contributed by atoms with Crippen molar-refractivity contribution in [3.63, 3.8) is 0 Å². The molecule has 0 radical (unpaired) electrons. The van der Waals surface area contributed by atoms with Crippen molar-refractivity contribution in [2.75, 3.05) is 20.6 Å². The number of halogens is 4. The molecule has 0 saturated carbocycles. The van der Waals surface area contributed by atoms with Crippen molar-refractivity contribution in [3.05, 3.63) is 52.7 Å². The molecule has 0 spiro atoms. The first-order valence-corrected chi connectivity index (χ1v) is 9.30. The fourth-order valence-electron chi connectivity index (χ4n) is 2.28. The Kier molecular flexibility index (Phi) is 6.70. The van der Waals surface area contributed by atoms with E-state index in [0.29, 0.717) is 9.09 Å². The Hall–Kier alpha value is -1.58. The van der Waals surface area contributed by atoms with Crippen molar-refractivity contribution < 1.29 is 22.4 Å². The maximum atomic E-state index is 13.7. The van der Waals surface area contributed by atoms with Crippen LogP contribution in [0.2, 0.25) is 0 Å². The topological polar surface area (TPSA) is 23.6 Å². The number of nitrogens with zero attached hydrogens (tertiary/aromatic N) is 2. The van der Waals surface area contributed by atoms with E-state index >= 15 is 0 Å². The molecule has 2 aromatic rings. The minimum atomic E-state index is -4.53. The molecule has 0 N–H and O–H groups in total. The van der Waals surface area contributed by atoms with Gasteiger partial charge >= 0.3 is 6.18 Å². The van der Waals surface area contributed by atoms with Crippen molar-refractivity contribution in [2.24, 2.45) is 0 Å². The standard InChI is InChI=1S/C17H18F4N2OS2/c1-4-23(26-14-10-9-13(25-14)16(24)22(2)3)15(17(19,20)21)11-5-7-12(18)8-6-11/h5-10,15H,4H2,1-3H3. The van der Waals surface area contributed by atoms with Crippen LogP contribution in [0, 0.1) is 5.82 Å². The normalized spacial score (nSPS) is 13.1. The summed E-state index contributed by atoms with van der Waals surface area (Å²) in [5.74, 6) is -0.786. The summed E-state index contributed by atoms with van der Waals surface area (Å²) in [6.07, 6.45) is -4.53. The molecule has 142 valence electrons. The van der Waals surface area contributed by atoms with E-state index in [4.69, 9.17) is 0 Å². The van der Waals surface area contributed by atoms with Crippen molar-refractivity contribution in [1.82, 2.24) is 9.21 Å². The Morgan fingerprint density at radius 1 is 1.15 bits per heavy atom. The zero-order chi connectivity index (χ0) is 19.5. The molecule has 0 fully saturated rings. The Bertz CT molecular complexity index is 744. The highest BCUT2D eigenvalue weighted by molar-refractivity contribution is 7.99. The van der Waals surface area contributed by atoms with Crippen LogP contribution in [0.5, 0.6) is 0 Å². The van der Waals surface area contributed by atoms with Crippen LogP contribution in [0.4, 0.5) is 17.6 Å². The third kappa shape index (κ3) is 4.99. The number of thiophene rings is 1. The van der Waals surface area contributed by atoms with Crippen molar-refractivity contribution in [1.29, 1.82) is 0 Å². The Morgan fingerprint density at radius 3 is 2.27 bits per heavy atom. The average molecular weight is 406 g/mol. The van der Waals surface area contributed by atoms with Gasteiger partial charge in [-0.1, -0.05) is 19.1 Å². The number of alkyl halides is 3. The van der Waals surface area contributed by atoms with Crippen LogP contribution >= 0.6 is 23.3 Å². The summed E-state index contributed by atoms with van der Waals surface area (Å²) in [5, 5.41) is 0. The second-order valence-corrected chi connectivity index (χ2v) is 8.07. The van der Waals surface area contributed by atoms with Crippen molar-refractivity contribution in [2.45, 2.75) is 23.4 Å². The van der Waals surface area contributed by atoms with Gasteiger partial charge in [-0.15, -0.1) is 11.3 Å². The third-order valence-corrected chi connectivity index (χ3v) is 5.86. The Balaban J connectivity index is 2.28. The first kappa shape index (κ1) is 20.7. The first-order chi connectivity index (χ1) is 12.1. The van der Waals surface area contributed by atoms with E-state index in [0.717, 1.165) is 47.6 Å². The Labute approximate surface area is 157 Å². The minimum absolute atomic E-state index is 0.0330. The van der Waals surface area contributed by atoms with Gasteiger partial charge < -0.3 is 4.90 Å². The van der Waals surface area contributed by atoms with Crippen molar-refractivity contribution in [3.8, 4) is 0 Å². The predicted molar refractivity (Wildman–Crippen MR) is 95.8 cm³/mol. The van der Waals surface area contributed by atoms with Crippen LogP contribution in [0.25, 0.3) is 0 Å². The van der Waals surface area contributed by atoms with Gasteiger partial charge in [-0.2, -0.15) is 13.2 Å². The summed E-state index contributed by atoms with van der Waals surface area (Å²) in [6, 6.07) is 5.68. The van der Waals surface area contributed by atoms with E-state index < -0.39 is 18.0 Å². The van der Waals surface area contributed by atoms with E-state index in [-0.39, 0.29) is 18.0 Å². The Morgan fingerprint density at radius 2 is 1.77 bits per heavy atom.